The summed E-state index contributed by atoms with van der Waals surface area (Å²) < 4.78 is 7.27. The van der Waals surface area contributed by atoms with Gasteiger partial charge < -0.3 is 19.3 Å². The normalized spacial score (nSPS) is 11.8. The summed E-state index contributed by atoms with van der Waals surface area (Å²) in [5.41, 5.74) is 8.58. The van der Waals surface area contributed by atoms with Crippen LogP contribution in [-0.4, -0.2) is 35.1 Å². The number of fused-ring (bicyclic) bond motifs is 3. The third-order valence-electron chi connectivity index (χ3n) is 5.94. The molecule has 38 heavy (non-hydrogen) atoms. The molecule has 0 fully saturated rings. The number of hydrogen-bond donors (Lipinski definition) is 2. The molecule has 1 aliphatic heterocycles. The van der Waals surface area contributed by atoms with Crippen molar-refractivity contribution in [3.8, 4) is 28.0 Å². The van der Waals surface area contributed by atoms with Gasteiger partial charge in [0.1, 0.15) is 5.75 Å². The van der Waals surface area contributed by atoms with E-state index < -0.39 is 5.60 Å². The summed E-state index contributed by atoms with van der Waals surface area (Å²) in [6.07, 6.45) is 2.18. The van der Waals surface area contributed by atoms with Crippen LogP contribution in [0.5, 0.6) is 5.75 Å². The summed E-state index contributed by atoms with van der Waals surface area (Å²) >= 11 is 7.76. The number of methoxy groups -OCH3 is 1. The number of aliphatic hydroxyl groups is 1. The molecule has 0 spiro atoms. The molecule has 0 unspecified atom stereocenters. The highest BCUT2D eigenvalue weighted by Gasteiger charge is 2.30. The van der Waals surface area contributed by atoms with E-state index in [2.05, 4.69) is 48.8 Å². The zero-order valence-electron chi connectivity index (χ0n) is 23.3. The summed E-state index contributed by atoms with van der Waals surface area (Å²) in [6.45, 7) is 16.1. The Balaban J connectivity index is 0.000000651. The second-order valence-corrected chi connectivity index (χ2v) is 11.0. The van der Waals surface area contributed by atoms with Crippen molar-refractivity contribution in [2.45, 2.75) is 53.2 Å². The number of phenols is 1. The molecule has 1 aliphatic rings. The first kappa shape index (κ1) is 31.3. The van der Waals surface area contributed by atoms with Crippen LogP contribution in [0.25, 0.3) is 22.3 Å². The number of phenolic OH excluding ortho intramolecular Hbond substituents is 1. The maximum Gasteiger partial charge on any atom is 0.310 e. The largest absolute Gasteiger partial charge is 0.507 e. The van der Waals surface area contributed by atoms with Gasteiger partial charge in [-0.1, -0.05) is 47.8 Å². The van der Waals surface area contributed by atoms with Gasteiger partial charge in [0.15, 0.2) is 0 Å². The first-order chi connectivity index (χ1) is 17.9. The Hall–Kier alpha value is -2.93. The van der Waals surface area contributed by atoms with Crippen molar-refractivity contribution in [2.24, 2.45) is 0 Å². The number of rotatable bonds is 4. The minimum Gasteiger partial charge on any atom is -0.507 e. The molecule has 0 amide bonds. The molecule has 0 radical (unpaired) electrons. The molecule has 0 aromatic heterocycles. The van der Waals surface area contributed by atoms with Crippen LogP contribution >= 0.6 is 23.5 Å². The molecule has 0 aliphatic carbocycles. The molecule has 1 heterocycles. The molecule has 3 aromatic carbocycles. The van der Waals surface area contributed by atoms with Crippen LogP contribution in [0.2, 0.25) is 5.02 Å². The van der Waals surface area contributed by atoms with Crippen LogP contribution in [0.1, 0.15) is 43.0 Å². The zero-order valence-corrected chi connectivity index (χ0v) is 24.9. The molecule has 0 saturated carbocycles. The highest BCUT2D eigenvalue weighted by atomic mass is 35.5. The standard InChI is InChI=1S/C25H24ClNO3S.C4H10O.C2H4/c1-14-20(12-22(29)30-3)23(19-10-9-17(26)11-21(19)28)15(2)24-18-8-6-5-7-16(18)13-27(31-4)25(14)24;1-4(2,3)5;1-2/h5-11,28H,12-13H2,1-4H3;5H,1-3H3;1-2H2. The number of carbonyl (C=O) groups is 1. The van der Waals surface area contributed by atoms with Gasteiger partial charge in [0, 0.05) is 22.4 Å². The van der Waals surface area contributed by atoms with Gasteiger partial charge in [-0.15, -0.1) is 13.2 Å². The molecule has 4 rings (SSSR count). The number of aromatic hydroxyl groups is 1. The van der Waals surface area contributed by atoms with Crippen LogP contribution in [0, 0.1) is 13.8 Å². The van der Waals surface area contributed by atoms with Gasteiger partial charge in [-0.25, -0.2) is 0 Å². The molecule has 0 atom stereocenters. The third kappa shape index (κ3) is 7.13. The lowest BCUT2D eigenvalue weighted by molar-refractivity contribution is -0.139. The number of nitrogens with zero attached hydrogens (tertiary/aromatic N) is 1. The Kier molecular flexibility index (Phi) is 10.9. The van der Waals surface area contributed by atoms with E-state index in [0.29, 0.717) is 10.6 Å². The highest BCUT2D eigenvalue weighted by molar-refractivity contribution is 7.99. The maximum atomic E-state index is 12.4. The molecule has 0 saturated heterocycles. The second-order valence-electron chi connectivity index (χ2n) is 9.79. The Morgan fingerprint density at radius 1 is 1.08 bits per heavy atom. The Bertz CT molecular complexity index is 1290. The van der Waals surface area contributed by atoms with Gasteiger partial charge in [0.2, 0.25) is 0 Å². The molecule has 0 bridgehead atoms. The lowest BCUT2D eigenvalue weighted by Gasteiger charge is -2.35. The number of esters is 1. The van der Waals surface area contributed by atoms with E-state index in [1.807, 2.05) is 19.1 Å². The van der Waals surface area contributed by atoms with E-state index in [0.717, 1.165) is 40.0 Å². The lowest BCUT2D eigenvalue weighted by atomic mass is 9.81. The van der Waals surface area contributed by atoms with E-state index in [-0.39, 0.29) is 18.1 Å². The Morgan fingerprint density at radius 2 is 1.68 bits per heavy atom. The highest BCUT2D eigenvalue weighted by Crippen LogP contribution is 2.51. The van der Waals surface area contributed by atoms with Crippen molar-refractivity contribution in [1.29, 1.82) is 0 Å². The van der Waals surface area contributed by atoms with Crippen LogP contribution in [0.4, 0.5) is 5.69 Å². The average molecular weight is 556 g/mol. The lowest BCUT2D eigenvalue weighted by Crippen LogP contribution is -2.22. The number of carbonyl (C=O) groups excluding carboxylic acids is 1. The van der Waals surface area contributed by atoms with E-state index in [1.165, 1.54) is 24.3 Å². The fourth-order valence-corrected chi connectivity index (χ4v) is 5.34. The minimum atomic E-state index is -0.500. The first-order valence-corrected chi connectivity index (χ1v) is 13.8. The second kappa shape index (κ2) is 13.2. The average Bonchev–Trinajstić information content (AvgIpc) is 2.87. The van der Waals surface area contributed by atoms with Crippen LogP contribution in [0.15, 0.2) is 55.6 Å². The number of anilines is 1. The van der Waals surface area contributed by atoms with Gasteiger partial charge in [0.05, 0.1) is 31.4 Å². The number of benzene rings is 3. The van der Waals surface area contributed by atoms with Crippen LogP contribution in [0.3, 0.4) is 0 Å². The smallest absolute Gasteiger partial charge is 0.310 e. The van der Waals surface area contributed by atoms with Crippen molar-refractivity contribution >= 4 is 35.2 Å². The van der Waals surface area contributed by atoms with Crippen LogP contribution in [-0.2, 0) is 22.5 Å². The molecule has 3 aromatic rings. The van der Waals surface area contributed by atoms with Gasteiger partial charge >= 0.3 is 5.97 Å². The van der Waals surface area contributed by atoms with E-state index in [4.69, 9.17) is 21.4 Å². The minimum absolute atomic E-state index is 0.0897. The van der Waals surface area contributed by atoms with Crippen LogP contribution < -0.4 is 4.31 Å². The predicted molar refractivity (Wildman–Crippen MR) is 162 cm³/mol. The van der Waals surface area contributed by atoms with Crippen molar-refractivity contribution in [3.63, 3.8) is 0 Å². The van der Waals surface area contributed by atoms with Gasteiger partial charge in [-0.2, -0.15) is 0 Å². The third-order valence-corrected chi connectivity index (χ3v) is 6.93. The quantitative estimate of drug-likeness (QED) is 0.194. The van der Waals surface area contributed by atoms with Gasteiger partial charge in [0.25, 0.3) is 0 Å². The number of ether oxygens (including phenoxy) is 1. The van der Waals surface area contributed by atoms with E-state index >= 15 is 0 Å². The monoisotopic (exact) mass is 555 g/mol. The molecule has 2 N–H and O–H groups in total. The molecule has 5 nitrogen and oxygen atoms in total. The fourth-order valence-electron chi connectivity index (χ4n) is 4.50. The van der Waals surface area contributed by atoms with E-state index in [1.54, 1.807) is 38.8 Å². The predicted octanol–water partition coefficient (Wildman–Crippen LogP) is 7.89. The molecule has 7 heteroatoms. The van der Waals surface area contributed by atoms with Gasteiger partial charge in [-0.05, 0) is 86.2 Å². The summed E-state index contributed by atoms with van der Waals surface area (Å²) in [5, 5.41) is 19.7. The topological polar surface area (TPSA) is 70.0 Å². The molecule has 204 valence electrons. The molecular weight excluding hydrogens is 518 g/mol. The molecular formula is C31H38ClNO4S. The number of hydrogen-bond acceptors (Lipinski definition) is 6. The SMILES string of the molecule is C=C.CC(C)(C)O.COC(=O)Cc1c(C)c2c(c(C)c1-c1ccc(Cl)cc1O)-c1ccccc1CN2SC. The summed E-state index contributed by atoms with van der Waals surface area (Å²) in [5.74, 6) is -0.226. The summed E-state index contributed by atoms with van der Waals surface area (Å²) in [4.78, 5) is 12.4. The Labute approximate surface area is 236 Å². The van der Waals surface area contributed by atoms with Gasteiger partial charge in [-0.3, -0.25) is 4.79 Å². The first-order valence-electron chi connectivity index (χ1n) is 12.2. The Morgan fingerprint density at radius 3 is 2.24 bits per heavy atom. The van der Waals surface area contributed by atoms with Crippen molar-refractivity contribution in [3.05, 3.63) is 82.9 Å². The van der Waals surface area contributed by atoms with Crippen molar-refractivity contribution in [2.75, 3.05) is 17.7 Å². The summed E-state index contributed by atoms with van der Waals surface area (Å²) in [7, 11) is 1.40. The number of halogens is 1. The summed E-state index contributed by atoms with van der Waals surface area (Å²) in [6, 6.07) is 13.5. The van der Waals surface area contributed by atoms with Crippen molar-refractivity contribution in [1.82, 2.24) is 0 Å². The maximum absolute atomic E-state index is 12.4. The zero-order chi connectivity index (χ0) is 28.8. The van der Waals surface area contributed by atoms with Crippen molar-refractivity contribution < 1.29 is 19.7 Å². The fraction of sp³-hybridized carbons (Fsp3) is 0.323. The van der Waals surface area contributed by atoms with E-state index in [9.17, 15) is 9.90 Å².